The number of aromatic amines is 1. The highest BCUT2D eigenvalue weighted by Crippen LogP contribution is 2.39. The molecule has 8 heteroatoms. The summed E-state index contributed by atoms with van der Waals surface area (Å²) in [6, 6.07) is 42.4. The fourth-order valence-corrected chi connectivity index (χ4v) is 7.95. The molecule has 0 amide bonds. The molecular formula is C49H44N8. The van der Waals surface area contributed by atoms with E-state index >= 15 is 0 Å². The Bertz CT molecular complexity index is 2660. The summed E-state index contributed by atoms with van der Waals surface area (Å²) in [5.41, 5.74) is 43.9. The van der Waals surface area contributed by atoms with Crippen molar-refractivity contribution in [1.29, 1.82) is 0 Å². The summed E-state index contributed by atoms with van der Waals surface area (Å²) in [6.07, 6.45) is 8.49. The van der Waals surface area contributed by atoms with Crippen molar-refractivity contribution >= 4 is 46.4 Å². The number of benzene rings is 4. The van der Waals surface area contributed by atoms with Crippen molar-refractivity contribution in [3.05, 3.63) is 166 Å². The van der Waals surface area contributed by atoms with E-state index in [0.29, 0.717) is 26.2 Å². The minimum Gasteiger partial charge on any atom is -0.354 e. The summed E-state index contributed by atoms with van der Waals surface area (Å²) in [4.78, 5) is 14.7. The van der Waals surface area contributed by atoms with Gasteiger partial charge < -0.3 is 32.5 Å². The van der Waals surface area contributed by atoms with Gasteiger partial charge >= 0.3 is 0 Å². The summed E-state index contributed by atoms with van der Waals surface area (Å²) < 4.78 is 2.26. The van der Waals surface area contributed by atoms with Crippen LogP contribution in [-0.2, 0) is 33.2 Å². The SMILES string of the molecule is Cn1c2ccc1c(-c1ccc(CN)cc1)c1nc(c(-c3ccc(CN)cc3)c3ccc([nH]3)c(-c3ccc(CN)cc3)c3nc(c2-c2ccc(CN)cc2)C=C3)C=C1. The van der Waals surface area contributed by atoms with Crippen molar-refractivity contribution < 1.29 is 0 Å². The van der Waals surface area contributed by atoms with E-state index < -0.39 is 0 Å². The molecule has 0 saturated carbocycles. The van der Waals surface area contributed by atoms with Crippen LogP contribution < -0.4 is 22.9 Å². The van der Waals surface area contributed by atoms with Crippen LogP contribution in [0.1, 0.15) is 45.0 Å². The second kappa shape index (κ2) is 15.1. The summed E-state index contributed by atoms with van der Waals surface area (Å²) in [5.74, 6) is 0. The van der Waals surface area contributed by atoms with Gasteiger partial charge in [0, 0.05) is 66.5 Å². The number of fused-ring (bicyclic) bond motifs is 8. The lowest BCUT2D eigenvalue weighted by Gasteiger charge is -2.11. The molecule has 9 rings (SSSR count). The van der Waals surface area contributed by atoms with Crippen molar-refractivity contribution in [2.75, 3.05) is 0 Å². The molecule has 0 spiro atoms. The number of aryl methyl sites for hydroxylation is 1. The molecule has 5 heterocycles. The van der Waals surface area contributed by atoms with Crippen LogP contribution in [0.3, 0.4) is 0 Å². The van der Waals surface area contributed by atoms with Crippen molar-refractivity contribution in [2.24, 2.45) is 30.0 Å². The molecule has 8 bridgehead atoms. The van der Waals surface area contributed by atoms with Crippen LogP contribution in [0.15, 0.2) is 121 Å². The van der Waals surface area contributed by atoms with Gasteiger partial charge in [-0.1, -0.05) is 97.1 Å². The molecular weight excluding hydrogens is 701 g/mol. The van der Waals surface area contributed by atoms with Crippen LogP contribution >= 0.6 is 0 Å². The van der Waals surface area contributed by atoms with Gasteiger partial charge in [-0.05, 0) is 93.1 Å². The van der Waals surface area contributed by atoms with Gasteiger partial charge in [-0.15, -0.1) is 0 Å². The fourth-order valence-electron chi connectivity index (χ4n) is 7.95. The van der Waals surface area contributed by atoms with E-state index in [-0.39, 0.29) is 0 Å². The highest BCUT2D eigenvalue weighted by molar-refractivity contribution is 6.00. The maximum Gasteiger partial charge on any atom is 0.0737 e. The van der Waals surface area contributed by atoms with E-state index in [1.165, 1.54) is 0 Å². The minimum atomic E-state index is 0.467. The minimum absolute atomic E-state index is 0.467. The molecule has 8 nitrogen and oxygen atoms in total. The van der Waals surface area contributed by atoms with Crippen molar-refractivity contribution in [1.82, 2.24) is 19.5 Å². The smallest absolute Gasteiger partial charge is 0.0737 e. The second-order valence-electron chi connectivity index (χ2n) is 14.5. The zero-order valence-electron chi connectivity index (χ0n) is 31.8. The number of aromatic nitrogens is 4. The standard InChI is InChI=1S/C49H44N8/c1-57-44-24-25-45(57)49(37-16-8-33(29-53)9-17-37)43-23-21-41(56-43)47(35-12-4-31(27-51)5-13-35)39-19-18-38(54-39)46(34-10-2-30(26-50)3-11-34)40-20-22-42(55-40)48(44)36-14-6-32(28-52)7-15-36/h2-25,54H,26-29,50-53H2,1H3. The lowest BCUT2D eigenvalue weighted by molar-refractivity contribution is 1.01. The average molecular weight is 745 g/mol. The number of rotatable bonds is 8. The number of hydrogen-bond donors (Lipinski definition) is 5. The first-order valence-corrected chi connectivity index (χ1v) is 19.3. The highest BCUT2D eigenvalue weighted by Gasteiger charge is 2.20. The fraction of sp³-hybridized carbons (Fsp3) is 0.102. The molecule has 0 fully saturated rings. The first kappa shape index (κ1) is 36.0. The number of hydrogen-bond acceptors (Lipinski definition) is 6. The van der Waals surface area contributed by atoms with Crippen LogP contribution in [0.25, 0.3) is 90.9 Å². The molecule has 0 unspecified atom stereocenters. The van der Waals surface area contributed by atoms with E-state index in [1.807, 2.05) is 0 Å². The first-order chi connectivity index (χ1) is 28.0. The largest absolute Gasteiger partial charge is 0.354 e. The van der Waals surface area contributed by atoms with E-state index in [2.05, 4.69) is 162 Å². The number of nitrogens with two attached hydrogens (primary N) is 4. The maximum atomic E-state index is 6.05. The van der Waals surface area contributed by atoms with Gasteiger partial charge in [-0.2, -0.15) is 0 Å². The lowest BCUT2D eigenvalue weighted by atomic mass is 10.0. The molecule has 0 saturated heterocycles. The van der Waals surface area contributed by atoms with Gasteiger partial charge in [0.1, 0.15) is 0 Å². The topological polar surface area (TPSA) is 151 Å². The Labute approximate surface area is 331 Å². The van der Waals surface area contributed by atoms with Gasteiger partial charge in [0.15, 0.2) is 0 Å². The van der Waals surface area contributed by atoms with E-state index in [1.54, 1.807) is 0 Å². The Kier molecular flexibility index (Phi) is 9.54. The van der Waals surface area contributed by atoms with Gasteiger partial charge in [0.25, 0.3) is 0 Å². The Morgan fingerprint density at radius 2 is 0.667 bits per heavy atom. The quantitative estimate of drug-likeness (QED) is 0.105. The Balaban J connectivity index is 1.46. The highest BCUT2D eigenvalue weighted by atomic mass is 14.9. The Hall–Kier alpha value is -6.68. The monoisotopic (exact) mass is 744 g/mol. The Morgan fingerprint density at radius 3 is 0.965 bits per heavy atom. The maximum absolute atomic E-state index is 6.05. The van der Waals surface area contributed by atoms with Gasteiger partial charge in [-0.3, -0.25) is 0 Å². The van der Waals surface area contributed by atoms with Crippen molar-refractivity contribution in [2.45, 2.75) is 26.2 Å². The molecule has 9 N–H and O–H groups in total. The molecule has 57 heavy (non-hydrogen) atoms. The average Bonchev–Trinajstić information content (AvgIpc) is 4.10. The summed E-state index contributed by atoms with van der Waals surface area (Å²) in [5, 5.41) is 0. The predicted octanol–water partition coefficient (Wildman–Crippen LogP) is 9.17. The summed E-state index contributed by atoms with van der Waals surface area (Å²) in [7, 11) is 2.12. The molecule has 0 aliphatic carbocycles. The summed E-state index contributed by atoms with van der Waals surface area (Å²) >= 11 is 0. The van der Waals surface area contributed by atoms with Crippen LogP contribution in [0.5, 0.6) is 0 Å². The van der Waals surface area contributed by atoms with Crippen LogP contribution in [0.2, 0.25) is 0 Å². The Morgan fingerprint density at radius 1 is 0.386 bits per heavy atom. The first-order valence-electron chi connectivity index (χ1n) is 19.3. The molecule has 2 aliphatic heterocycles. The molecule has 0 radical (unpaired) electrons. The van der Waals surface area contributed by atoms with Gasteiger partial charge in [-0.25, -0.2) is 9.97 Å². The van der Waals surface area contributed by atoms with Crippen LogP contribution in [-0.4, -0.2) is 19.5 Å². The third-order valence-corrected chi connectivity index (χ3v) is 11.1. The van der Waals surface area contributed by atoms with E-state index in [9.17, 15) is 0 Å². The number of nitrogens with one attached hydrogen (secondary N) is 1. The third-order valence-electron chi connectivity index (χ3n) is 11.1. The van der Waals surface area contributed by atoms with E-state index in [0.717, 1.165) is 112 Å². The van der Waals surface area contributed by atoms with E-state index in [4.69, 9.17) is 32.9 Å². The lowest BCUT2D eigenvalue weighted by Crippen LogP contribution is -1.98. The van der Waals surface area contributed by atoms with Crippen LogP contribution in [0.4, 0.5) is 0 Å². The molecule has 4 aromatic carbocycles. The van der Waals surface area contributed by atoms with Crippen molar-refractivity contribution in [3.63, 3.8) is 0 Å². The second-order valence-corrected chi connectivity index (χ2v) is 14.5. The number of H-pyrrole nitrogens is 1. The molecule has 2 aliphatic rings. The summed E-state index contributed by atoms with van der Waals surface area (Å²) in [6.45, 7) is 1.87. The third kappa shape index (κ3) is 6.60. The predicted molar refractivity (Wildman–Crippen MR) is 237 cm³/mol. The van der Waals surface area contributed by atoms with Crippen molar-refractivity contribution in [3.8, 4) is 44.5 Å². The molecule has 7 aromatic rings. The van der Waals surface area contributed by atoms with Gasteiger partial charge in [0.2, 0.25) is 0 Å². The number of nitrogens with zero attached hydrogens (tertiary/aromatic N) is 3. The molecule has 0 atom stereocenters. The normalized spacial score (nSPS) is 12.1. The zero-order valence-corrected chi connectivity index (χ0v) is 31.8. The molecule has 280 valence electrons. The van der Waals surface area contributed by atoms with Gasteiger partial charge in [0.05, 0.1) is 33.8 Å². The zero-order chi connectivity index (χ0) is 39.0. The van der Waals surface area contributed by atoms with Crippen LogP contribution in [0, 0.1) is 0 Å². The molecule has 3 aromatic heterocycles.